The van der Waals surface area contributed by atoms with Gasteiger partial charge >= 0.3 is 0 Å². The van der Waals surface area contributed by atoms with Crippen molar-refractivity contribution in [3.05, 3.63) is 39.9 Å². The molecule has 1 heterocycles. The standard InChI is InChI=1S/C10H12N2O4/c13-9-3-1-2-8(6-9)10-7-11(12(14)15)4-5-16-10/h1-3,6,10,13H,4-5,7H2. The van der Waals surface area contributed by atoms with Crippen LogP contribution in [0.4, 0.5) is 0 Å². The van der Waals surface area contributed by atoms with Crippen molar-refractivity contribution >= 4 is 0 Å². The molecule has 86 valence electrons. The second-order valence-corrected chi connectivity index (χ2v) is 3.60. The van der Waals surface area contributed by atoms with Crippen molar-refractivity contribution in [1.29, 1.82) is 0 Å². The van der Waals surface area contributed by atoms with Crippen molar-refractivity contribution in [3.63, 3.8) is 0 Å². The van der Waals surface area contributed by atoms with Crippen LogP contribution in [0.15, 0.2) is 24.3 Å². The highest BCUT2D eigenvalue weighted by Gasteiger charge is 2.27. The highest BCUT2D eigenvalue weighted by atomic mass is 16.7. The first-order valence-electron chi connectivity index (χ1n) is 4.96. The summed E-state index contributed by atoms with van der Waals surface area (Å²) in [6, 6.07) is 6.60. The van der Waals surface area contributed by atoms with Crippen molar-refractivity contribution < 1.29 is 14.9 Å². The second-order valence-electron chi connectivity index (χ2n) is 3.60. The molecular formula is C10H12N2O4. The SMILES string of the molecule is O=[N+]([O-])N1CCOC(c2cccc(O)c2)C1. The molecule has 6 heteroatoms. The van der Waals surface area contributed by atoms with E-state index in [1.54, 1.807) is 24.3 Å². The molecule has 16 heavy (non-hydrogen) atoms. The average molecular weight is 224 g/mol. The number of hydrazine groups is 1. The van der Waals surface area contributed by atoms with Gasteiger partial charge in [-0.3, -0.25) is 0 Å². The van der Waals surface area contributed by atoms with Crippen LogP contribution in [0.25, 0.3) is 0 Å². The predicted molar refractivity (Wildman–Crippen MR) is 55.4 cm³/mol. The fraction of sp³-hybridized carbons (Fsp3) is 0.400. The maximum atomic E-state index is 10.6. The van der Waals surface area contributed by atoms with Crippen LogP contribution in [0.1, 0.15) is 11.7 Å². The molecule has 1 unspecified atom stereocenters. The first-order chi connectivity index (χ1) is 7.66. The zero-order valence-electron chi connectivity index (χ0n) is 8.57. The van der Waals surface area contributed by atoms with Crippen molar-refractivity contribution in [2.24, 2.45) is 0 Å². The van der Waals surface area contributed by atoms with Crippen LogP contribution in [0, 0.1) is 10.1 Å². The number of hydrogen-bond donors (Lipinski definition) is 1. The molecule has 6 nitrogen and oxygen atoms in total. The summed E-state index contributed by atoms with van der Waals surface area (Å²) in [5.41, 5.74) is 0.756. The van der Waals surface area contributed by atoms with E-state index >= 15 is 0 Å². The van der Waals surface area contributed by atoms with Gasteiger partial charge in [0.2, 0.25) is 0 Å². The maximum absolute atomic E-state index is 10.6. The van der Waals surface area contributed by atoms with Gasteiger partial charge in [-0.05, 0) is 17.7 Å². The molecule has 0 spiro atoms. The number of phenols is 1. The summed E-state index contributed by atoms with van der Waals surface area (Å²) < 4.78 is 5.44. The molecule has 1 N–H and O–H groups in total. The van der Waals surface area contributed by atoms with E-state index in [9.17, 15) is 15.2 Å². The molecule has 1 atom stereocenters. The number of aromatic hydroxyl groups is 1. The van der Waals surface area contributed by atoms with Crippen LogP contribution in [0.5, 0.6) is 5.75 Å². The van der Waals surface area contributed by atoms with Gasteiger partial charge in [0.1, 0.15) is 24.9 Å². The van der Waals surface area contributed by atoms with Gasteiger partial charge in [-0.1, -0.05) is 12.1 Å². The van der Waals surface area contributed by atoms with E-state index in [1.807, 2.05) is 0 Å². The van der Waals surface area contributed by atoms with Gasteiger partial charge in [-0.2, -0.15) is 0 Å². The summed E-state index contributed by atoms with van der Waals surface area (Å²) in [7, 11) is 0. The first kappa shape index (κ1) is 10.7. The lowest BCUT2D eigenvalue weighted by Crippen LogP contribution is -2.41. The summed E-state index contributed by atoms with van der Waals surface area (Å²) in [5, 5.41) is 20.6. The smallest absolute Gasteiger partial charge is 0.160 e. The molecule has 0 aromatic heterocycles. The van der Waals surface area contributed by atoms with Crippen LogP contribution in [0.2, 0.25) is 0 Å². The number of hydrogen-bond acceptors (Lipinski definition) is 4. The zero-order chi connectivity index (χ0) is 11.5. The van der Waals surface area contributed by atoms with Gasteiger partial charge in [-0.25, -0.2) is 10.1 Å². The third-order valence-electron chi connectivity index (χ3n) is 2.52. The monoisotopic (exact) mass is 224 g/mol. The third-order valence-corrected chi connectivity index (χ3v) is 2.52. The largest absolute Gasteiger partial charge is 0.508 e. The van der Waals surface area contributed by atoms with Gasteiger partial charge in [-0.15, -0.1) is 5.01 Å². The lowest BCUT2D eigenvalue weighted by Gasteiger charge is -2.27. The van der Waals surface area contributed by atoms with Crippen molar-refractivity contribution in [2.75, 3.05) is 19.7 Å². The number of phenolic OH excluding ortho intramolecular Hbond substituents is 1. The number of nitrogens with zero attached hydrogens (tertiary/aromatic N) is 2. The maximum Gasteiger partial charge on any atom is 0.160 e. The number of benzene rings is 1. The number of ether oxygens (including phenoxy) is 1. The number of nitro groups is 1. The minimum atomic E-state index is -0.418. The van der Waals surface area contributed by atoms with E-state index in [1.165, 1.54) is 0 Å². The van der Waals surface area contributed by atoms with Crippen molar-refractivity contribution in [3.8, 4) is 5.75 Å². The molecule has 0 saturated carbocycles. The van der Waals surface area contributed by atoms with Crippen molar-refractivity contribution in [2.45, 2.75) is 6.10 Å². The molecule has 0 aliphatic carbocycles. The number of morpholine rings is 1. The number of rotatable bonds is 2. The summed E-state index contributed by atoms with van der Waals surface area (Å²) >= 11 is 0. The topological polar surface area (TPSA) is 75.8 Å². The van der Waals surface area contributed by atoms with E-state index < -0.39 is 5.03 Å². The molecule has 0 amide bonds. The van der Waals surface area contributed by atoms with E-state index in [2.05, 4.69) is 0 Å². The Morgan fingerprint density at radius 2 is 2.38 bits per heavy atom. The first-order valence-corrected chi connectivity index (χ1v) is 4.96. The van der Waals surface area contributed by atoms with Gasteiger partial charge in [0.15, 0.2) is 5.03 Å². The fourth-order valence-corrected chi connectivity index (χ4v) is 1.71. The van der Waals surface area contributed by atoms with E-state index in [0.717, 1.165) is 10.6 Å². The van der Waals surface area contributed by atoms with Crippen LogP contribution in [-0.4, -0.2) is 34.8 Å². The molecule has 2 rings (SSSR count). The Kier molecular flexibility index (Phi) is 2.91. The Morgan fingerprint density at radius 3 is 3.06 bits per heavy atom. The molecule has 1 aliphatic heterocycles. The summed E-state index contributed by atoms with van der Waals surface area (Å²) in [6.45, 7) is 0.820. The normalized spacial score (nSPS) is 20.8. The lowest BCUT2D eigenvalue weighted by atomic mass is 10.1. The van der Waals surface area contributed by atoms with E-state index in [0.29, 0.717) is 13.2 Å². The zero-order valence-corrected chi connectivity index (χ0v) is 8.57. The Bertz CT molecular complexity index is 396. The molecule has 1 saturated heterocycles. The molecule has 1 aromatic carbocycles. The summed E-state index contributed by atoms with van der Waals surface area (Å²) in [5.74, 6) is 0.138. The second kappa shape index (κ2) is 4.36. The Labute approximate surface area is 92.2 Å². The Morgan fingerprint density at radius 1 is 1.56 bits per heavy atom. The van der Waals surface area contributed by atoms with Gasteiger partial charge in [0.25, 0.3) is 0 Å². The van der Waals surface area contributed by atoms with Gasteiger partial charge in [0, 0.05) is 0 Å². The molecular weight excluding hydrogens is 212 g/mol. The minimum absolute atomic E-state index is 0.138. The molecule has 0 radical (unpaired) electrons. The fourth-order valence-electron chi connectivity index (χ4n) is 1.71. The third kappa shape index (κ3) is 2.22. The predicted octanol–water partition coefficient (Wildman–Crippen LogP) is 0.957. The molecule has 1 aliphatic rings. The average Bonchev–Trinajstić information content (AvgIpc) is 2.29. The van der Waals surface area contributed by atoms with Crippen LogP contribution in [-0.2, 0) is 4.74 Å². The highest BCUT2D eigenvalue weighted by molar-refractivity contribution is 5.29. The van der Waals surface area contributed by atoms with E-state index in [-0.39, 0.29) is 18.4 Å². The summed E-state index contributed by atoms with van der Waals surface area (Å²) in [6.07, 6.45) is -0.355. The minimum Gasteiger partial charge on any atom is -0.508 e. The summed E-state index contributed by atoms with van der Waals surface area (Å²) in [4.78, 5) is 10.6. The molecule has 1 fully saturated rings. The molecule has 1 aromatic rings. The van der Waals surface area contributed by atoms with Crippen molar-refractivity contribution in [1.82, 2.24) is 5.01 Å². The van der Waals surface area contributed by atoms with Gasteiger partial charge < -0.3 is 9.84 Å². The molecule has 0 bridgehead atoms. The van der Waals surface area contributed by atoms with Crippen LogP contribution >= 0.6 is 0 Å². The lowest BCUT2D eigenvalue weighted by molar-refractivity contribution is -0.661. The quantitative estimate of drug-likeness (QED) is 0.598. The Balaban J connectivity index is 2.12. The van der Waals surface area contributed by atoms with Gasteiger partial charge in [0.05, 0.1) is 6.61 Å². The van der Waals surface area contributed by atoms with E-state index in [4.69, 9.17) is 4.74 Å². The highest BCUT2D eigenvalue weighted by Crippen LogP contribution is 2.24. The van der Waals surface area contributed by atoms with Crippen LogP contribution in [0.3, 0.4) is 0 Å². The Hall–Kier alpha value is -1.82. The van der Waals surface area contributed by atoms with Crippen LogP contribution < -0.4 is 0 Å².